The predicted octanol–water partition coefficient (Wildman–Crippen LogP) is -16.2. The van der Waals surface area contributed by atoms with Crippen molar-refractivity contribution < 1.29 is 210 Å². The van der Waals surface area contributed by atoms with Crippen LogP contribution in [-0.4, -0.2) is 228 Å². The monoisotopic (exact) mass is 1220 g/mol. The molecule has 10 N–H and O–H groups in total. The number of rotatable bonds is 34. The van der Waals surface area contributed by atoms with E-state index in [0.29, 0.717) is 0 Å². The third-order valence-electron chi connectivity index (χ3n) is 9.37. The van der Waals surface area contributed by atoms with Crippen molar-refractivity contribution in [1.82, 2.24) is 29.9 Å². The van der Waals surface area contributed by atoms with Crippen LogP contribution in [0.15, 0.2) is 46.2 Å². The molecular weight excluding hydrogens is 1160 g/mol. The van der Waals surface area contributed by atoms with Crippen molar-refractivity contribution in [3.05, 3.63) is 47.5 Å². The summed E-state index contributed by atoms with van der Waals surface area (Å²) in [6.07, 6.45) is -0.662. The zero-order valence-corrected chi connectivity index (χ0v) is 54.0. The van der Waals surface area contributed by atoms with Crippen LogP contribution < -0.4 is 149 Å². The first kappa shape index (κ1) is 76.3. The minimum Gasteiger partial charge on any atom is -0.748 e. The molecule has 0 fully saturated rings. The quantitative estimate of drug-likeness (QED) is 0.00898. The number of anilines is 8. The number of nitrogens with one attached hydrogen (secondary N) is 4. The molecule has 2 atom stereocenters. The zero-order chi connectivity index (χ0) is 54.7. The molecule has 2 aromatic carbocycles. The number of aromatic nitrogens is 6. The van der Waals surface area contributed by atoms with Crippen LogP contribution in [0.3, 0.4) is 0 Å². The molecule has 0 aliphatic rings. The number of hydrogen-bond donors (Lipinski definition) is 10. The van der Waals surface area contributed by atoms with Gasteiger partial charge in [0.05, 0.1) is 107 Å². The maximum Gasteiger partial charge on any atom is 1.00 e. The van der Waals surface area contributed by atoms with Crippen LogP contribution in [0, 0.1) is 0 Å². The topological polar surface area (TPSA) is 501 Å². The first-order chi connectivity index (χ1) is 34.8. The van der Waals surface area contributed by atoms with E-state index < -0.39 is 100 Å². The van der Waals surface area contributed by atoms with E-state index >= 15 is 0 Å². The summed E-state index contributed by atoms with van der Waals surface area (Å²) in [5, 5.41) is 68.1. The average molecular weight is 1220 g/mol. The van der Waals surface area contributed by atoms with Gasteiger partial charge in [-0.1, -0.05) is 24.3 Å². The molecule has 2 heterocycles. The van der Waals surface area contributed by atoms with Gasteiger partial charge in [-0.3, -0.25) is 0 Å². The van der Waals surface area contributed by atoms with Gasteiger partial charge in [0.1, 0.15) is 20.2 Å². The largest absolute Gasteiger partial charge is 1.00 e. The summed E-state index contributed by atoms with van der Waals surface area (Å²) < 4.78 is 154. The van der Waals surface area contributed by atoms with Crippen molar-refractivity contribution >= 4 is 99.7 Å². The van der Waals surface area contributed by atoms with Crippen LogP contribution in [0.5, 0.6) is 0 Å². The fraction of sp³-hybridized carbons (Fsp3) is 0.474. The zero-order valence-electron chi connectivity index (χ0n) is 42.7. The Hall–Kier alpha value is -1.68. The average Bonchev–Trinajstić information content (AvgIpc) is 3.31. The summed E-state index contributed by atoms with van der Waals surface area (Å²) in [7, 11) is -20.1. The van der Waals surface area contributed by atoms with Gasteiger partial charge in [-0.2, -0.15) is 29.9 Å². The summed E-state index contributed by atoms with van der Waals surface area (Å²) >= 11 is 0. The van der Waals surface area contributed by atoms with E-state index in [2.05, 4.69) is 51.2 Å². The fourth-order valence-corrected chi connectivity index (χ4v) is 8.18. The first-order valence-electron chi connectivity index (χ1n) is 21.5. The Morgan fingerprint density at radius 3 is 1.18 bits per heavy atom. The van der Waals surface area contributed by atoms with Gasteiger partial charge in [0.2, 0.25) is 35.7 Å². The van der Waals surface area contributed by atoms with Gasteiger partial charge in [-0.15, -0.1) is 0 Å². The van der Waals surface area contributed by atoms with E-state index in [1.54, 1.807) is 0 Å². The summed E-state index contributed by atoms with van der Waals surface area (Å²) in [6, 6.07) is 6.43. The number of hydrogen-bond acceptors (Lipinski definition) is 32. The second-order valence-corrected chi connectivity index (χ2v) is 20.9. The van der Waals surface area contributed by atoms with Gasteiger partial charge in [0.25, 0.3) is 0 Å². The summed E-state index contributed by atoms with van der Waals surface area (Å²) in [5.41, 5.74) is -0.920. The molecule has 32 nitrogen and oxygen atoms in total. The molecule has 2 aromatic heterocycles. The van der Waals surface area contributed by atoms with Crippen molar-refractivity contribution in [2.45, 2.75) is 22.0 Å². The molecule has 0 aliphatic carbocycles. The first-order valence-corrected chi connectivity index (χ1v) is 27.5. The van der Waals surface area contributed by atoms with Gasteiger partial charge < -0.3 is 89.4 Å². The Morgan fingerprint density at radius 1 is 0.526 bits per heavy atom. The van der Waals surface area contributed by atoms with Gasteiger partial charge >= 0.3 is 118 Å². The normalized spacial score (nSPS) is 12.5. The third kappa shape index (κ3) is 28.1. The van der Waals surface area contributed by atoms with Crippen LogP contribution in [0.1, 0.15) is 11.1 Å². The summed E-state index contributed by atoms with van der Waals surface area (Å²) in [4.78, 5) is 26.0. The summed E-state index contributed by atoms with van der Waals surface area (Å²) in [6.45, 7) is -3.89. The van der Waals surface area contributed by atoms with E-state index in [0.717, 1.165) is 36.4 Å². The third-order valence-corrected chi connectivity index (χ3v) is 12.6. The Kier molecular flexibility index (Phi) is 36.0. The molecule has 0 aliphatic heterocycles. The molecule has 4 aromatic rings. The van der Waals surface area contributed by atoms with Crippen LogP contribution in [0.25, 0.3) is 12.2 Å². The number of aliphatic hydroxyl groups is 6. The van der Waals surface area contributed by atoms with Crippen LogP contribution in [-0.2, 0) is 49.9 Å². The Bertz CT molecular complexity index is 2790. The molecule has 0 amide bonds. The fourth-order valence-electron chi connectivity index (χ4n) is 6.08. The Balaban J connectivity index is 0.0000148. The number of nitrogens with zero attached hydrogens (tertiary/aromatic N) is 8. The summed E-state index contributed by atoms with van der Waals surface area (Å²) in [5.74, 6) is -3.61. The maximum absolute atomic E-state index is 12.6. The van der Waals surface area contributed by atoms with Gasteiger partial charge in [0, 0.05) is 50.6 Å². The molecule has 0 spiro atoms. The molecule has 40 heteroatoms. The molecule has 4 rings (SSSR count). The Morgan fingerprint density at radius 2 is 0.872 bits per heavy atom. The van der Waals surface area contributed by atoms with Gasteiger partial charge in [0.15, 0.2) is 0 Å². The molecule has 2 unspecified atom stereocenters. The second kappa shape index (κ2) is 36.8. The van der Waals surface area contributed by atoms with Crippen molar-refractivity contribution in [2.75, 3.05) is 135 Å². The second-order valence-electron chi connectivity index (χ2n) is 15.2. The van der Waals surface area contributed by atoms with Crippen LogP contribution >= 0.6 is 0 Å². The molecule has 0 bridgehead atoms. The standard InChI is InChI=1S/C38H56N12O20S4.4Na/c51-11-15-69-13-9-49(21-29(55)23-53)37-45-33(39-7-17-71(57,58)59)43-35(47-37)41-27-5-3-25(31(19-27)73(63,64)65)1-2-26-4-6-28(20-32(26)74(66,67)68)42-36-44-34(40-8-18-72(60,61)62)46-38(48-36)50(22-30(56)24-54)10-14-70-16-12-52;;;;/h1-6,19-20,29-30,51-56H,7-18,21-24H2,(H,57,58,59)(H,60,61,62)(H,63,64,65)(H,66,67,68)(H2,39,41,43,45,47)(H2,40,42,44,46,48);;;;/q;4*+1/p-4. The van der Waals surface area contributed by atoms with Crippen molar-refractivity contribution in [3.8, 4) is 0 Å². The predicted molar refractivity (Wildman–Crippen MR) is 256 cm³/mol. The van der Waals surface area contributed by atoms with E-state index in [1.807, 2.05) is 0 Å². The molecular formula is C38H52N12Na4O20S4. The van der Waals surface area contributed by atoms with E-state index in [4.69, 9.17) is 19.7 Å². The number of aliphatic hydroxyl groups excluding tert-OH is 6. The molecule has 0 radical (unpaired) electrons. The van der Waals surface area contributed by atoms with E-state index in [1.165, 1.54) is 21.9 Å². The maximum atomic E-state index is 12.6. The minimum atomic E-state index is -5.35. The van der Waals surface area contributed by atoms with Gasteiger partial charge in [-0.25, -0.2) is 33.7 Å². The van der Waals surface area contributed by atoms with Crippen molar-refractivity contribution in [2.24, 2.45) is 0 Å². The smallest absolute Gasteiger partial charge is 0.748 e. The van der Waals surface area contributed by atoms with Gasteiger partial charge in [-0.05, 0) is 35.4 Å². The van der Waals surface area contributed by atoms with E-state index in [9.17, 15) is 72.3 Å². The van der Waals surface area contributed by atoms with Crippen LogP contribution in [0.2, 0.25) is 0 Å². The minimum absolute atomic E-state index is 0. The number of benzene rings is 2. The van der Waals surface area contributed by atoms with Crippen molar-refractivity contribution in [3.63, 3.8) is 0 Å². The van der Waals surface area contributed by atoms with E-state index in [-0.39, 0.29) is 242 Å². The van der Waals surface area contributed by atoms with Crippen molar-refractivity contribution in [1.29, 1.82) is 0 Å². The molecule has 0 saturated carbocycles. The Labute approximate surface area is 537 Å². The molecule has 0 saturated heterocycles. The van der Waals surface area contributed by atoms with Crippen LogP contribution in [0.4, 0.5) is 47.1 Å². The number of ether oxygens (including phenoxy) is 2. The SMILES string of the molecule is O=S(=O)([O-])CCNc1nc(Nc2ccc(C=Cc3ccc(Nc4nc(NCCS(=O)(=O)[O-])nc(N(CCOCCO)CC(O)CO)n4)cc3S(=O)(=O)[O-])c(S(=O)(=O)[O-])c2)nc(N(CCOCCO)CC(O)CO)n1.[Na+].[Na+].[Na+].[Na+]. The molecule has 78 heavy (non-hydrogen) atoms. The molecule has 412 valence electrons.